The van der Waals surface area contributed by atoms with E-state index < -0.39 is 8.80 Å². The highest BCUT2D eigenvalue weighted by atomic mass is 28.4. The second-order valence-corrected chi connectivity index (χ2v) is 4.82. The van der Waals surface area contributed by atoms with Crippen LogP contribution in [0.1, 0.15) is 6.42 Å². The SMILES string of the molecule is O[Si](O)(O)CCCNc1ncncn1. The zero-order chi connectivity index (χ0) is 10.4. The van der Waals surface area contributed by atoms with Gasteiger partial charge >= 0.3 is 8.80 Å². The van der Waals surface area contributed by atoms with Crippen LogP contribution in [-0.4, -0.2) is 44.7 Å². The van der Waals surface area contributed by atoms with E-state index in [0.29, 0.717) is 18.9 Å². The van der Waals surface area contributed by atoms with Gasteiger partial charge in [0.25, 0.3) is 0 Å². The highest BCUT2D eigenvalue weighted by Crippen LogP contribution is 2.01. The van der Waals surface area contributed by atoms with E-state index >= 15 is 0 Å². The smallest absolute Gasteiger partial charge is 0.390 e. The molecule has 0 saturated carbocycles. The van der Waals surface area contributed by atoms with Gasteiger partial charge in [0.15, 0.2) is 0 Å². The number of aromatic nitrogens is 3. The van der Waals surface area contributed by atoms with Gasteiger partial charge in [-0.3, -0.25) is 0 Å². The van der Waals surface area contributed by atoms with Gasteiger partial charge in [0.1, 0.15) is 12.7 Å². The van der Waals surface area contributed by atoms with Gasteiger partial charge in [-0.1, -0.05) is 0 Å². The first-order valence-electron chi connectivity index (χ1n) is 4.11. The van der Waals surface area contributed by atoms with Gasteiger partial charge in [0.2, 0.25) is 5.95 Å². The van der Waals surface area contributed by atoms with Crippen LogP contribution in [0.2, 0.25) is 6.04 Å². The summed E-state index contributed by atoms with van der Waals surface area (Å²) in [4.78, 5) is 37.3. The molecule has 1 heterocycles. The second kappa shape index (κ2) is 4.96. The summed E-state index contributed by atoms with van der Waals surface area (Å²) in [5.41, 5.74) is 0. The Morgan fingerprint density at radius 3 is 2.43 bits per heavy atom. The molecular weight excluding hydrogens is 204 g/mol. The number of nitrogens with zero attached hydrogens (tertiary/aromatic N) is 3. The van der Waals surface area contributed by atoms with Crippen molar-refractivity contribution in [2.24, 2.45) is 0 Å². The molecule has 0 spiro atoms. The van der Waals surface area contributed by atoms with Crippen molar-refractivity contribution in [1.82, 2.24) is 15.0 Å². The standard InChI is InChI=1S/C6H12N4O3Si/c11-14(12,13)3-1-2-8-6-9-4-7-5-10-6/h4-5,11-13H,1-3H2,(H,7,8,9,10). The van der Waals surface area contributed by atoms with Crippen LogP contribution in [0, 0.1) is 0 Å². The molecule has 0 aromatic carbocycles. The first-order valence-corrected chi connectivity index (χ1v) is 6.16. The Balaban J connectivity index is 2.17. The third-order valence-corrected chi connectivity index (χ3v) is 2.49. The van der Waals surface area contributed by atoms with Crippen molar-refractivity contribution >= 4 is 14.8 Å². The largest absolute Gasteiger partial charge is 0.492 e. The first kappa shape index (κ1) is 11.0. The highest BCUT2D eigenvalue weighted by Gasteiger charge is 2.25. The lowest BCUT2D eigenvalue weighted by Gasteiger charge is -2.08. The van der Waals surface area contributed by atoms with Crippen LogP contribution >= 0.6 is 0 Å². The number of hydrogen-bond acceptors (Lipinski definition) is 7. The van der Waals surface area contributed by atoms with Gasteiger partial charge in [-0.2, -0.15) is 0 Å². The average Bonchev–Trinajstić information content (AvgIpc) is 2.13. The molecule has 0 bridgehead atoms. The Bertz CT molecular complexity index is 266. The maximum Gasteiger partial charge on any atom is 0.492 e. The van der Waals surface area contributed by atoms with E-state index in [1.165, 1.54) is 12.7 Å². The third kappa shape index (κ3) is 4.82. The van der Waals surface area contributed by atoms with E-state index in [-0.39, 0.29) is 6.04 Å². The summed E-state index contributed by atoms with van der Waals surface area (Å²) in [5.74, 6) is 0.432. The number of anilines is 1. The fourth-order valence-electron chi connectivity index (χ4n) is 0.856. The lowest BCUT2D eigenvalue weighted by atomic mass is 10.5. The quantitative estimate of drug-likeness (QED) is 0.353. The summed E-state index contributed by atoms with van der Waals surface area (Å²) in [7, 11) is -3.89. The zero-order valence-corrected chi connectivity index (χ0v) is 8.46. The van der Waals surface area contributed by atoms with Crippen molar-refractivity contribution in [3.05, 3.63) is 12.7 Å². The Morgan fingerprint density at radius 1 is 1.21 bits per heavy atom. The Labute approximate surface area is 81.9 Å². The van der Waals surface area contributed by atoms with E-state index in [1.807, 2.05) is 0 Å². The Morgan fingerprint density at radius 2 is 1.86 bits per heavy atom. The highest BCUT2D eigenvalue weighted by molar-refractivity contribution is 6.56. The summed E-state index contributed by atoms with van der Waals surface area (Å²) >= 11 is 0. The maximum atomic E-state index is 8.70. The van der Waals surface area contributed by atoms with E-state index in [4.69, 9.17) is 14.4 Å². The second-order valence-electron chi connectivity index (χ2n) is 2.77. The van der Waals surface area contributed by atoms with E-state index in [1.54, 1.807) is 0 Å². The van der Waals surface area contributed by atoms with E-state index in [2.05, 4.69) is 20.3 Å². The first-order chi connectivity index (χ1) is 6.58. The van der Waals surface area contributed by atoms with Crippen LogP contribution < -0.4 is 5.32 Å². The molecule has 0 amide bonds. The number of nitrogens with one attached hydrogen (secondary N) is 1. The predicted octanol–water partition coefficient (Wildman–Crippen LogP) is -1.41. The fourth-order valence-corrected chi connectivity index (χ4v) is 1.51. The van der Waals surface area contributed by atoms with Crippen LogP contribution in [-0.2, 0) is 0 Å². The molecule has 1 aromatic heterocycles. The molecule has 7 nitrogen and oxygen atoms in total. The Hall–Kier alpha value is -1.09. The van der Waals surface area contributed by atoms with Gasteiger partial charge < -0.3 is 19.7 Å². The summed E-state index contributed by atoms with van der Waals surface area (Å²) in [6.07, 6.45) is 3.17. The molecule has 0 radical (unpaired) electrons. The molecule has 8 heteroatoms. The average molecular weight is 216 g/mol. The summed E-state index contributed by atoms with van der Waals surface area (Å²) in [6, 6.07) is 0.00504. The van der Waals surface area contributed by atoms with Crippen molar-refractivity contribution in [3.63, 3.8) is 0 Å². The summed E-state index contributed by atoms with van der Waals surface area (Å²) in [6.45, 7) is 0.473. The van der Waals surface area contributed by atoms with Crippen LogP contribution in [0.25, 0.3) is 0 Å². The van der Waals surface area contributed by atoms with Gasteiger partial charge in [0.05, 0.1) is 0 Å². The number of hydrogen-bond donors (Lipinski definition) is 4. The lowest BCUT2D eigenvalue weighted by Crippen LogP contribution is -2.34. The summed E-state index contributed by atoms with van der Waals surface area (Å²) < 4.78 is 0. The molecule has 0 atom stereocenters. The number of rotatable bonds is 5. The lowest BCUT2D eigenvalue weighted by molar-refractivity contribution is 0.227. The van der Waals surface area contributed by atoms with E-state index in [9.17, 15) is 0 Å². The van der Waals surface area contributed by atoms with Gasteiger partial charge in [0, 0.05) is 12.6 Å². The minimum absolute atomic E-state index is 0.00504. The van der Waals surface area contributed by atoms with Crippen LogP contribution in [0.5, 0.6) is 0 Å². The maximum absolute atomic E-state index is 8.70. The molecule has 0 aliphatic rings. The van der Waals surface area contributed by atoms with Crippen molar-refractivity contribution in [2.75, 3.05) is 11.9 Å². The molecular formula is C6H12N4O3Si. The van der Waals surface area contributed by atoms with Crippen LogP contribution in [0.15, 0.2) is 12.7 Å². The Kier molecular flexibility index (Phi) is 3.89. The summed E-state index contributed by atoms with van der Waals surface area (Å²) in [5, 5.41) is 2.84. The fraction of sp³-hybridized carbons (Fsp3) is 0.500. The molecule has 0 aliphatic heterocycles. The minimum atomic E-state index is -3.89. The van der Waals surface area contributed by atoms with Gasteiger partial charge in [-0.15, -0.1) is 0 Å². The molecule has 0 unspecified atom stereocenters. The van der Waals surface area contributed by atoms with Crippen molar-refractivity contribution in [3.8, 4) is 0 Å². The van der Waals surface area contributed by atoms with Crippen molar-refractivity contribution in [1.29, 1.82) is 0 Å². The van der Waals surface area contributed by atoms with Crippen molar-refractivity contribution < 1.29 is 14.4 Å². The van der Waals surface area contributed by atoms with Crippen molar-refractivity contribution in [2.45, 2.75) is 12.5 Å². The molecule has 0 fully saturated rings. The van der Waals surface area contributed by atoms with Gasteiger partial charge in [-0.05, 0) is 6.42 Å². The normalized spacial score (nSPS) is 11.4. The van der Waals surface area contributed by atoms with Gasteiger partial charge in [-0.25, -0.2) is 15.0 Å². The predicted molar refractivity (Wildman–Crippen MR) is 50.2 cm³/mol. The zero-order valence-electron chi connectivity index (χ0n) is 7.46. The van der Waals surface area contributed by atoms with E-state index in [0.717, 1.165) is 0 Å². The molecule has 14 heavy (non-hydrogen) atoms. The molecule has 1 rings (SSSR count). The molecule has 0 saturated heterocycles. The minimum Gasteiger partial charge on any atom is -0.390 e. The molecule has 0 aliphatic carbocycles. The monoisotopic (exact) mass is 216 g/mol. The molecule has 1 aromatic rings. The molecule has 4 N–H and O–H groups in total. The third-order valence-electron chi connectivity index (χ3n) is 1.47. The topological polar surface area (TPSA) is 111 Å². The van der Waals surface area contributed by atoms with Crippen LogP contribution in [0.4, 0.5) is 5.95 Å². The van der Waals surface area contributed by atoms with Crippen LogP contribution in [0.3, 0.4) is 0 Å². The molecule has 78 valence electrons.